The van der Waals surface area contributed by atoms with Gasteiger partial charge in [0.15, 0.2) is 0 Å². The fraction of sp³-hybridized carbons (Fsp3) is 0.275. The second-order valence-electron chi connectivity index (χ2n) is 28.5. The van der Waals surface area contributed by atoms with E-state index < -0.39 is 0 Å². The van der Waals surface area contributed by atoms with Crippen molar-refractivity contribution < 1.29 is 0 Å². The zero-order valence-corrected chi connectivity index (χ0v) is 60.7. The Bertz CT molecular complexity index is 5210. The van der Waals surface area contributed by atoms with Gasteiger partial charge in [-0.1, -0.05) is 60.7 Å². The molecule has 6 aromatic carbocycles. The Morgan fingerprint density at radius 2 is 0.639 bits per heavy atom. The van der Waals surface area contributed by atoms with Crippen LogP contribution in [0.1, 0.15) is 173 Å². The van der Waals surface area contributed by atoms with E-state index in [0.717, 1.165) is 49.9 Å². The minimum absolute atomic E-state index is 0.999. The summed E-state index contributed by atoms with van der Waals surface area (Å²) in [6.45, 7) is 41.6. The average Bonchev–Trinajstić information content (AvgIpc) is 1.72. The number of hydrogen-bond donors (Lipinski definition) is 0. The Morgan fingerprint density at radius 3 is 1.24 bits per heavy atom. The van der Waals surface area contributed by atoms with Gasteiger partial charge in [-0.25, -0.2) is 0 Å². The fourth-order valence-corrected chi connectivity index (χ4v) is 16.0. The maximum Gasteiger partial charge on any atom is 0.0531 e. The molecule has 6 aliphatic rings. The zero-order chi connectivity index (χ0) is 68.6. The van der Waals surface area contributed by atoms with Gasteiger partial charge in [0, 0.05) is 111 Å². The minimum atomic E-state index is 0.999. The molecule has 0 saturated heterocycles. The highest BCUT2D eigenvalue weighted by Gasteiger charge is 2.28. The van der Waals surface area contributed by atoms with Crippen molar-refractivity contribution in [2.45, 2.75) is 170 Å². The maximum atomic E-state index is 4.74. The van der Waals surface area contributed by atoms with E-state index in [1.165, 1.54) is 228 Å². The normalized spacial score (nSPS) is 12.4. The number of aryl methyl sites for hydroxylation is 12. The molecule has 18 rings (SSSR count). The van der Waals surface area contributed by atoms with E-state index in [-0.39, 0.29) is 0 Å². The van der Waals surface area contributed by atoms with E-state index in [9.17, 15) is 0 Å². The Morgan fingerprint density at radius 1 is 0.227 bits per heavy atom. The molecular weight excluding hydrogens is 1180 g/mol. The lowest BCUT2D eigenvalue weighted by Crippen LogP contribution is -1.93. The van der Waals surface area contributed by atoms with Crippen LogP contribution in [0.15, 0.2) is 141 Å². The van der Waals surface area contributed by atoms with Crippen molar-refractivity contribution in [1.82, 2.24) is 29.9 Å². The number of nitrogens with zero attached hydrogens (tertiary/aromatic N) is 6. The van der Waals surface area contributed by atoms with E-state index >= 15 is 0 Å². The topological polar surface area (TPSA) is 77.3 Å². The van der Waals surface area contributed by atoms with E-state index in [4.69, 9.17) is 9.97 Å². The molecule has 486 valence electrons. The summed E-state index contributed by atoms with van der Waals surface area (Å²) >= 11 is 0. The summed E-state index contributed by atoms with van der Waals surface area (Å²) in [5, 5.41) is 0. The SMILES string of the molecule is Cc1cc(C)c2c(c1C)Cc1cnccc1-2.Cc1cc(C)c2c(n1)Cc1c-2ccc(C)c1C.Cc1cc2c(c(C)c1C)Cc1cnccc1-2.Cc1cc2c(nc1C)Cc1c-2ccc(C)c1C.Cc1ccc2c(c1C)Cc1cncc(C)c1-2.Cc1ccc2c(c1C)Cc1cnccc1-2. The van der Waals surface area contributed by atoms with Gasteiger partial charge in [-0.05, 0) is 368 Å². The van der Waals surface area contributed by atoms with Gasteiger partial charge < -0.3 is 0 Å². The Labute approximate surface area is 576 Å². The molecule has 0 saturated carbocycles. The second-order valence-corrected chi connectivity index (χ2v) is 28.5. The molecule has 6 heteroatoms. The first-order chi connectivity index (χ1) is 46.5. The summed E-state index contributed by atoms with van der Waals surface area (Å²) in [5.74, 6) is 0. The van der Waals surface area contributed by atoms with E-state index in [0.29, 0.717) is 0 Å². The largest absolute Gasteiger partial charge is 0.264 e. The number of benzene rings is 6. The number of fused-ring (bicyclic) bond motifs is 18. The molecule has 12 aromatic rings. The molecule has 0 aliphatic heterocycles. The first-order valence-corrected chi connectivity index (χ1v) is 34.7. The highest BCUT2D eigenvalue weighted by molar-refractivity contribution is 5.84. The van der Waals surface area contributed by atoms with Crippen LogP contribution < -0.4 is 0 Å². The van der Waals surface area contributed by atoms with Crippen molar-refractivity contribution in [1.29, 1.82) is 0 Å². The molecule has 0 unspecified atom stereocenters. The molecule has 0 fully saturated rings. The van der Waals surface area contributed by atoms with Gasteiger partial charge in [0.2, 0.25) is 0 Å². The summed E-state index contributed by atoms with van der Waals surface area (Å²) in [6, 6.07) is 33.4. The minimum Gasteiger partial charge on any atom is -0.264 e. The lowest BCUT2D eigenvalue weighted by molar-refractivity contribution is 1.04. The molecule has 6 aliphatic carbocycles. The third-order valence-corrected chi connectivity index (χ3v) is 22.7. The molecule has 97 heavy (non-hydrogen) atoms. The van der Waals surface area contributed by atoms with Crippen LogP contribution in [-0.4, -0.2) is 29.9 Å². The molecule has 6 heterocycles. The molecule has 6 nitrogen and oxygen atoms in total. The van der Waals surface area contributed by atoms with Crippen molar-refractivity contribution in [3.8, 4) is 66.8 Å². The summed E-state index contributed by atoms with van der Waals surface area (Å²) < 4.78 is 0. The Kier molecular flexibility index (Phi) is 17.9. The summed E-state index contributed by atoms with van der Waals surface area (Å²) in [6.07, 6.45) is 21.8. The third-order valence-electron chi connectivity index (χ3n) is 22.7. The van der Waals surface area contributed by atoms with Gasteiger partial charge >= 0.3 is 0 Å². The number of rotatable bonds is 0. The van der Waals surface area contributed by atoms with Crippen LogP contribution in [0.5, 0.6) is 0 Å². The van der Waals surface area contributed by atoms with E-state index in [1.807, 2.05) is 49.6 Å². The molecule has 0 N–H and O–H groups in total. The second kappa shape index (κ2) is 26.3. The first kappa shape index (κ1) is 65.9. The third kappa shape index (κ3) is 12.1. The van der Waals surface area contributed by atoms with Gasteiger partial charge in [-0.2, -0.15) is 0 Å². The van der Waals surface area contributed by atoms with Crippen LogP contribution in [0.2, 0.25) is 0 Å². The smallest absolute Gasteiger partial charge is 0.0531 e. The van der Waals surface area contributed by atoms with E-state index in [1.54, 1.807) is 0 Å². The van der Waals surface area contributed by atoms with Crippen LogP contribution in [0.25, 0.3) is 66.8 Å². The number of aromatic nitrogens is 6. The van der Waals surface area contributed by atoms with Crippen LogP contribution >= 0.6 is 0 Å². The lowest BCUT2D eigenvalue weighted by Gasteiger charge is -2.11. The molecular formula is C91H92N6. The van der Waals surface area contributed by atoms with Gasteiger partial charge in [0.05, 0.1) is 11.4 Å². The molecule has 0 radical (unpaired) electrons. The van der Waals surface area contributed by atoms with Crippen molar-refractivity contribution >= 4 is 0 Å². The highest BCUT2D eigenvalue weighted by Crippen LogP contribution is 2.46. The van der Waals surface area contributed by atoms with Crippen LogP contribution in [0.3, 0.4) is 0 Å². The predicted molar refractivity (Wildman–Crippen MR) is 405 cm³/mol. The van der Waals surface area contributed by atoms with Crippen molar-refractivity contribution in [3.63, 3.8) is 0 Å². The molecule has 0 amide bonds. The van der Waals surface area contributed by atoms with Gasteiger partial charge in [-0.3, -0.25) is 29.9 Å². The quantitative estimate of drug-likeness (QED) is 0.151. The lowest BCUT2D eigenvalue weighted by atomic mass is 9.94. The summed E-state index contributed by atoms with van der Waals surface area (Å²) in [5.41, 5.74) is 59.6. The predicted octanol–water partition coefficient (Wildman–Crippen LogP) is 21.8. The van der Waals surface area contributed by atoms with Crippen LogP contribution in [0.4, 0.5) is 0 Å². The van der Waals surface area contributed by atoms with Crippen LogP contribution in [-0.2, 0) is 38.5 Å². The number of hydrogen-bond acceptors (Lipinski definition) is 6. The van der Waals surface area contributed by atoms with Crippen LogP contribution in [0, 0.1) is 132 Å². The zero-order valence-electron chi connectivity index (χ0n) is 60.7. The van der Waals surface area contributed by atoms with Gasteiger partial charge in [0.1, 0.15) is 0 Å². The van der Waals surface area contributed by atoms with Gasteiger partial charge in [0.25, 0.3) is 0 Å². The summed E-state index contributed by atoms with van der Waals surface area (Å²) in [7, 11) is 0. The maximum absolute atomic E-state index is 4.74. The first-order valence-electron chi connectivity index (χ1n) is 34.7. The highest BCUT2D eigenvalue weighted by atomic mass is 14.7. The number of pyridine rings is 6. The van der Waals surface area contributed by atoms with Gasteiger partial charge in [-0.15, -0.1) is 0 Å². The van der Waals surface area contributed by atoms with Crippen molar-refractivity contribution in [2.24, 2.45) is 0 Å². The Balaban J connectivity index is 0.000000105. The Hall–Kier alpha value is -9.78. The van der Waals surface area contributed by atoms with Crippen molar-refractivity contribution in [3.05, 3.63) is 314 Å². The van der Waals surface area contributed by atoms with E-state index in [2.05, 4.69) is 242 Å². The molecule has 0 spiro atoms. The molecule has 0 atom stereocenters. The van der Waals surface area contributed by atoms with Crippen molar-refractivity contribution in [2.75, 3.05) is 0 Å². The summed E-state index contributed by atoms with van der Waals surface area (Å²) in [4.78, 5) is 26.4. The molecule has 6 aromatic heterocycles. The average molecular weight is 1270 g/mol. The standard InChI is InChI=1S/2C16H17N.3C15H15N.C14H13N/c1-9-5-6-13-14(11(9)3)8-16-15(13)7-10(2)12(4)17-16;1-9-5-6-13-14(12(9)4)8-15-16(13)10(2)7-11(3)17-15;1-9-6-15-13-4-5-16-8-12(13)7-14(15)11(3)10(9)2;1-9-6-10(2)15-13-4-5-16-8-12(13)7-14(15)11(9)3;1-9-4-5-13-14(11(9)3)6-12-8-16-7-10(2)15(12)13;1-9-3-4-13-12-5-6-15-8-11(12)7-14(13)10(9)2/h2*5-7H,8H2,1-4H3;2*4-6,8H,7H2,1-3H3;4-5,7-8H,6H2,1-3H3;3-6,8H,7H2,1-2H3. The monoisotopic (exact) mass is 1270 g/mol. The molecule has 0 bridgehead atoms. The fourth-order valence-electron chi connectivity index (χ4n) is 16.0.